The average Bonchev–Trinajstić information content (AvgIpc) is 3.01. The van der Waals surface area contributed by atoms with Crippen LogP contribution >= 0.6 is 0 Å². The number of fused-ring (bicyclic) bond motifs is 3. The monoisotopic (exact) mass is 406 g/mol. The van der Waals surface area contributed by atoms with Gasteiger partial charge >= 0.3 is 5.97 Å². The van der Waals surface area contributed by atoms with Gasteiger partial charge in [0, 0.05) is 18.8 Å². The molecule has 8 atom stereocenters. The minimum Gasteiger partial charge on any atom is -0.481 e. The van der Waals surface area contributed by atoms with Gasteiger partial charge in [0.25, 0.3) is 0 Å². The maximum absolute atomic E-state index is 13.3. The van der Waals surface area contributed by atoms with Crippen molar-refractivity contribution >= 4 is 11.8 Å². The molecule has 0 bridgehead atoms. The Balaban J connectivity index is 1.63. The van der Waals surface area contributed by atoms with Crippen LogP contribution in [-0.2, 0) is 9.59 Å². The van der Waals surface area contributed by atoms with Crippen molar-refractivity contribution in [1.29, 1.82) is 0 Å². The molecule has 0 aromatic carbocycles. The lowest BCUT2D eigenvalue weighted by atomic mass is 9.52. The molecule has 0 spiro atoms. The van der Waals surface area contributed by atoms with Gasteiger partial charge in [-0.2, -0.15) is 0 Å². The standard InChI is InChI=1S/C25H42O4/c1-4-5-6-18(26)13-17-8-9-19-20(14-17)23(27)15-25(3)21(10-11-22(19)25)16(2)7-12-24(28)29/h16-22,26H,4-15H2,1-3H3,(H,28,29)/t16-,17-,18-,19?,20?,21?,22?,25-/m1/s1. The minimum atomic E-state index is -0.712. The third-order valence-corrected chi connectivity index (χ3v) is 8.98. The molecular weight excluding hydrogens is 364 g/mol. The summed E-state index contributed by atoms with van der Waals surface area (Å²) < 4.78 is 0. The largest absolute Gasteiger partial charge is 0.481 e. The molecule has 29 heavy (non-hydrogen) atoms. The second kappa shape index (κ2) is 9.49. The number of aliphatic hydroxyl groups excluding tert-OH is 1. The smallest absolute Gasteiger partial charge is 0.303 e. The van der Waals surface area contributed by atoms with E-state index in [9.17, 15) is 14.7 Å². The lowest BCUT2D eigenvalue weighted by molar-refractivity contribution is -0.142. The minimum absolute atomic E-state index is 0.0592. The Bertz CT molecular complexity index is 587. The first-order valence-corrected chi connectivity index (χ1v) is 12.2. The summed E-state index contributed by atoms with van der Waals surface area (Å²) in [6, 6.07) is 0. The second-order valence-electron chi connectivity index (χ2n) is 10.8. The predicted octanol–water partition coefficient (Wildman–Crippen LogP) is 5.47. The zero-order valence-electron chi connectivity index (χ0n) is 18.7. The maximum atomic E-state index is 13.3. The Morgan fingerprint density at radius 3 is 2.66 bits per heavy atom. The number of Topliss-reactive ketones (excluding diaryl/α,β-unsaturated/α-hetero) is 1. The fourth-order valence-electron chi connectivity index (χ4n) is 7.54. The number of aliphatic carboxylic acids is 1. The third-order valence-electron chi connectivity index (χ3n) is 8.98. The van der Waals surface area contributed by atoms with Crippen molar-refractivity contribution < 1.29 is 19.8 Å². The molecule has 0 aromatic rings. The van der Waals surface area contributed by atoms with Crippen molar-refractivity contribution in [2.45, 2.75) is 104 Å². The van der Waals surface area contributed by atoms with E-state index in [1.165, 1.54) is 6.42 Å². The Hall–Kier alpha value is -0.900. The van der Waals surface area contributed by atoms with Crippen LogP contribution in [0.3, 0.4) is 0 Å². The highest BCUT2D eigenvalue weighted by Crippen LogP contribution is 2.63. The molecule has 0 aliphatic heterocycles. The van der Waals surface area contributed by atoms with Gasteiger partial charge < -0.3 is 10.2 Å². The van der Waals surface area contributed by atoms with Crippen molar-refractivity contribution in [2.75, 3.05) is 0 Å². The Morgan fingerprint density at radius 1 is 1.21 bits per heavy atom. The summed E-state index contributed by atoms with van der Waals surface area (Å²) in [5, 5.41) is 19.4. The average molecular weight is 407 g/mol. The van der Waals surface area contributed by atoms with Crippen LogP contribution < -0.4 is 0 Å². The quantitative estimate of drug-likeness (QED) is 0.533. The highest BCUT2D eigenvalue weighted by Gasteiger charge is 2.58. The first kappa shape index (κ1) is 22.8. The number of carboxylic acid groups (broad SMARTS) is 1. The van der Waals surface area contributed by atoms with E-state index in [4.69, 9.17) is 5.11 Å². The molecule has 0 aromatic heterocycles. The van der Waals surface area contributed by atoms with Crippen LogP contribution in [0.5, 0.6) is 0 Å². The van der Waals surface area contributed by atoms with E-state index in [1.807, 2.05) is 0 Å². The van der Waals surface area contributed by atoms with E-state index < -0.39 is 5.97 Å². The van der Waals surface area contributed by atoms with Gasteiger partial charge in [0.05, 0.1) is 6.10 Å². The van der Waals surface area contributed by atoms with Crippen molar-refractivity contribution in [1.82, 2.24) is 0 Å². The molecule has 3 fully saturated rings. The van der Waals surface area contributed by atoms with Crippen LogP contribution in [0.15, 0.2) is 0 Å². The predicted molar refractivity (Wildman–Crippen MR) is 114 cm³/mol. The molecule has 0 saturated heterocycles. The molecule has 3 saturated carbocycles. The third kappa shape index (κ3) is 4.89. The van der Waals surface area contributed by atoms with Crippen molar-refractivity contribution in [3.8, 4) is 0 Å². The van der Waals surface area contributed by atoms with Gasteiger partial charge in [0.1, 0.15) is 5.78 Å². The number of hydrogen-bond acceptors (Lipinski definition) is 3. The number of aliphatic hydroxyl groups is 1. The van der Waals surface area contributed by atoms with Gasteiger partial charge in [-0.05, 0) is 80.0 Å². The number of carboxylic acids is 1. The fraction of sp³-hybridized carbons (Fsp3) is 0.920. The van der Waals surface area contributed by atoms with Crippen LogP contribution in [0.4, 0.5) is 0 Å². The lowest BCUT2D eigenvalue weighted by Crippen LogP contribution is -2.49. The molecular formula is C25H42O4. The molecule has 0 amide bonds. The van der Waals surface area contributed by atoms with Gasteiger partial charge in [-0.25, -0.2) is 0 Å². The molecule has 4 heteroatoms. The molecule has 4 nitrogen and oxygen atoms in total. The Labute approximate surface area is 176 Å². The first-order chi connectivity index (χ1) is 13.8. The van der Waals surface area contributed by atoms with E-state index in [0.717, 1.165) is 57.8 Å². The zero-order chi connectivity index (χ0) is 21.2. The number of rotatable bonds is 9. The molecule has 166 valence electrons. The van der Waals surface area contributed by atoms with Gasteiger partial charge in [0.2, 0.25) is 0 Å². The number of carbonyl (C=O) groups is 2. The molecule has 2 N–H and O–H groups in total. The lowest BCUT2D eigenvalue weighted by Gasteiger charge is -2.51. The number of unbranched alkanes of at least 4 members (excludes halogenated alkanes) is 1. The zero-order valence-corrected chi connectivity index (χ0v) is 18.7. The highest BCUT2D eigenvalue weighted by atomic mass is 16.4. The first-order valence-electron chi connectivity index (χ1n) is 12.2. The second-order valence-corrected chi connectivity index (χ2v) is 10.8. The van der Waals surface area contributed by atoms with Crippen molar-refractivity contribution in [3.63, 3.8) is 0 Å². The molecule has 3 aliphatic carbocycles. The summed E-state index contributed by atoms with van der Waals surface area (Å²) in [6.07, 6.45) is 11.0. The van der Waals surface area contributed by atoms with Crippen LogP contribution in [0.1, 0.15) is 97.8 Å². The number of ketones is 1. The number of carbonyl (C=O) groups excluding carboxylic acids is 1. The van der Waals surface area contributed by atoms with Gasteiger partial charge in [0.15, 0.2) is 0 Å². The summed E-state index contributed by atoms with van der Waals surface area (Å²) in [5.41, 5.74) is 0.0592. The van der Waals surface area contributed by atoms with Crippen LogP contribution in [-0.4, -0.2) is 28.1 Å². The Kier molecular flexibility index (Phi) is 7.46. The van der Waals surface area contributed by atoms with Crippen molar-refractivity contribution in [3.05, 3.63) is 0 Å². The molecule has 0 heterocycles. The molecule has 4 unspecified atom stereocenters. The molecule has 0 radical (unpaired) electrons. The molecule has 3 rings (SSSR count). The molecule has 3 aliphatic rings. The fourth-order valence-corrected chi connectivity index (χ4v) is 7.54. The van der Waals surface area contributed by atoms with E-state index in [0.29, 0.717) is 41.8 Å². The Morgan fingerprint density at radius 2 is 1.97 bits per heavy atom. The summed E-state index contributed by atoms with van der Waals surface area (Å²) in [7, 11) is 0. The van der Waals surface area contributed by atoms with E-state index in [1.54, 1.807) is 0 Å². The SMILES string of the molecule is CCCC[C@@H](O)C[C@H]1CCC2C(C1)C(=O)C[C@@]1(C)C2CCC1[C@H](C)CCC(=O)O. The highest BCUT2D eigenvalue weighted by molar-refractivity contribution is 5.83. The summed E-state index contributed by atoms with van der Waals surface area (Å²) in [5.74, 6) is 2.44. The summed E-state index contributed by atoms with van der Waals surface area (Å²) in [4.78, 5) is 24.3. The van der Waals surface area contributed by atoms with Crippen LogP contribution in [0.25, 0.3) is 0 Å². The van der Waals surface area contributed by atoms with Crippen LogP contribution in [0.2, 0.25) is 0 Å². The van der Waals surface area contributed by atoms with Gasteiger partial charge in [-0.1, -0.05) is 40.0 Å². The van der Waals surface area contributed by atoms with E-state index in [-0.39, 0.29) is 23.9 Å². The van der Waals surface area contributed by atoms with E-state index >= 15 is 0 Å². The summed E-state index contributed by atoms with van der Waals surface area (Å²) >= 11 is 0. The maximum Gasteiger partial charge on any atom is 0.303 e. The van der Waals surface area contributed by atoms with Gasteiger partial charge in [-0.15, -0.1) is 0 Å². The van der Waals surface area contributed by atoms with E-state index in [2.05, 4.69) is 20.8 Å². The number of hydrogen-bond donors (Lipinski definition) is 2. The van der Waals surface area contributed by atoms with Gasteiger partial charge in [-0.3, -0.25) is 9.59 Å². The van der Waals surface area contributed by atoms with Crippen molar-refractivity contribution in [2.24, 2.45) is 40.9 Å². The normalized spacial score (nSPS) is 38.9. The summed E-state index contributed by atoms with van der Waals surface area (Å²) in [6.45, 7) is 6.70. The van der Waals surface area contributed by atoms with Crippen LogP contribution in [0, 0.1) is 40.9 Å². The topological polar surface area (TPSA) is 74.6 Å².